The average molecular weight is 262 g/mol. The molecule has 2 rings (SSSR count). The predicted octanol–water partition coefficient (Wildman–Crippen LogP) is 1.91. The minimum absolute atomic E-state index is 0.0364. The Kier molecular flexibility index (Phi) is 4.53. The lowest BCUT2D eigenvalue weighted by Gasteiger charge is -2.30. The lowest BCUT2D eigenvalue weighted by Crippen LogP contribution is -2.32. The van der Waals surface area contributed by atoms with E-state index < -0.39 is 0 Å². The van der Waals surface area contributed by atoms with Gasteiger partial charge in [0.05, 0.1) is 0 Å². The quantitative estimate of drug-likeness (QED) is 0.900. The van der Waals surface area contributed by atoms with Crippen LogP contribution in [0.2, 0.25) is 0 Å². The van der Waals surface area contributed by atoms with Crippen LogP contribution in [-0.2, 0) is 5.41 Å². The van der Waals surface area contributed by atoms with E-state index in [1.165, 1.54) is 25.1 Å². The van der Waals surface area contributed by atoms with Gasteiger partial charge in [0.2, 0.25) is 0 Å². The Morgan fingerprint density at radius 3 is 2.95 bits per heavy atom. The highest BCUT2D eigenvalue weighted by atomic mass is 15.1. The molecule has 106 valence electrons. The zero-order chi connectivity index (χ0) is 13.9. The molecular formula is C15H26N4. The normalized spacial score (nSPS) is 21.6. The van der Waals surface area contributed by atoms with Crippen LogP contribution in [0.1, 0.15) is 50.5 Å². The summed E-state index contributed by atoms with van der Waals surface area (Å²) in [5.41, 5.74) is 6.85. The molecule has 1 aliphatic rings. The van der Waals surface area contributed by atoms with Gasteiger partial charge < -0.3 is 10.6 Å². The maximum Gasteiger partial charge on any atom is 0.134 e. The highest BCUT2D eigenvalue weighted by Gasteiger charge is 2.25. The fraction of sp³-hybridized carbons (Fsp3) is 0.733. The maximum absolute atomic E-state index is 5.69. The van der Waals surface area contributed by atoms with Crippen molar-refractivity contribution < 1.29 is 0 Å². The number of piperidine rings is 1. The highest BCUT2D eigenvalue weighted by Crippen LogP contribution is 2.28. The van der Waals surface area contributed by atoms with Gasteiger partial charge in [0.15, 0.2) is 0 Å². The Hall–Kier alpha value is -1.00. The van der Waals surface area contributed by atoms with Gasteiger partial charge in [0.1, 0.15) is 5.82 Å². The van der Waals surface area contributed by atoms with Gasteiger partial charge in [0, 0.05) is 29.8 Å². The van der Waals surface area contributed by atoms with Gasteiger partial charge in [-0.2, -0.15) is 0 Å². The summed E-state index contributed by atoms with van der Waals surface area (Å²) < 4.78 is 0. The van der Waals surface area contributed by atoms with Gasteiger partial charge in [-0.3, -0.25) is 0 Å². The van der Waals surface area contributed by atoms with E-state index in [2.05, 4.69) is 36.8 Å². The van der Waals surface area contributed by atoms with Crippen molar-refractivity contribution >= 4 is 0 Å². The van der Waals surface area contributed by atoms with Gasteiger partial charge in [-0.05, 0) is 45.5 Å². The first-order chi connectivity index (χ1) is 9.03. The first kappa shape index (κ1) is 14.4. The molecule has 0 amide bonds. The number of likely N-dealkylation sites (tertiary alicyclic amines) is 1. The SMILES string of the molecule is CN1CCCC(c2ccnc(C(C)(C)CCN)n2)C1. The van der Waals surface area contributed by atoms with Crippen molar-refractivity contribution in [2.24, 2.45) is 5.73 Å². The molecule has 0 saturated carbocycles. The number of likely N-dealkylation sites (N-methyl/N-ethyl adjacent to an activating group) is 1. The van der Waals surface area contributed by atoms with Crippen LogP contribution in [0.15, 0.2) is 12.3 Å². The number of nitrogens with two attached hydrogens (primary N) is 1. The van der Waals surface area contributed by atoms with Crippen molar-refractivity contribution in [1.29, 1.82) is 0 Å². The lowest BCUT2D eigenvalue weighted by atomic mass is 9.87. The molecule has 1 fully saturated rings. The van der Waals surface area contributed by atoms with E-state index >= 15 is 0 Å². The Morgan fingerprint density at radius 2 is 2.26 bits per heavy atom. The number of nitrogens with zero attached hydrogens (tertiary/aromatic N) is 3. The topological polar surface area (TPSA) is 55.0 Å². The predicted molar refractivity (Wildman–Crippen MR) is 78.2 cm³/mol. The second kappa shape index (κ2) is 5.97. The van der Waals surface area contributed by atoms with E-state index in [4.69, 9.17) is 10.7 Å². The van der Waals surface area contributed by atoms with Crippen LogP contribution in [0, 0.1) is 0 Å². The summed E-state index contributed by atoms with van der Waals surface area (Å²) in [6.45, 7) is 7.32. The molecule has 1 unspecified atom stereocenters. The summed E-state index contributed by atoms with van der Waals surface area (Å²) in [5, 5.41) is 0. The molecule has 1 saturated heterocycles. The van der Waals surface area contributed by atoms with E-state index in [1.807, 2.05) is 6.20 Å². The van der Waals surface area contributed by atoms with Crippen molar-refractivity contribution in [3.8, 4) is 0 Å². The Morgan fingerprint density at radius 1 is 1.47 bits per heavy atom. The van der Waals surface area contributed by atoms with Crippen molar-refractivity contribution in [2.45, 2.75) is 44.4 Å². The molecule has 2 N–H and O–H groups in total. The van der Waals surface area contributed by atoms with Crippen molar-refractivity contribution in [3.05, 3.63) is 23.8 Å². The lowest BCUT2D eigenvalue weighted by molar-refractivity contribution is 0.247. The van der Waals surface area contributed by atoms with Gasteiger partial charge in [0.25, 0.3) is 0 Å². The number of hydrogen-bond acceptors (Lipinski definition) is 4. The van der Waals surface area contributed by atoms with Crippen molar-refractivity contribution in [3.63, 3.8) is 0 Å². The molecule has 0 spiro atoms. The van der Waals surface area contributed by atoms with Crippen LogP contribution in [0.4, 0.5) is 0 Å². The molecular weight excluding hydrogens is 236 g/mol. The van der Waals surface area contributed by atoms with Crippen LogP contribution >= 0.6 is 0 Å². The zero-order valence-electron chi connectivity index (χ0n) is 12.4. The summed E-state index contributed by atoms with van der Waals surface area (Å²) in [5.74, 6) is 1.48. The fourth-order valence-corrected chi connectivity index (χ4v) is 2.81. The molecule has 19 heavy (non-hydrogen) atoms. The molecule has 0 radical (unpaired) electrons. The number of hydrogen-bond donors (Lipinski definition) is 1. The standard InChI is InChI=1S/C15H26N4/c1-15(2,7-8-16)14-17-9-6-13(18-14)12-5-4-10-19(3)11-12/h6,9,12H,4-5,7-8,10-11,16H2,1-3H3. The van der Waals surface area contributed by atoms with E-state index in [9.17, 15) is 0 Å². The van der Waals surface area contributed by atoms with Crippen molar-refractivity contribution in [2.75, 3.05) is 26.7 Å². The molecule has 0 bridgehead atoms. The molecule has 0 aliphatic carbocycles. The van der Waals surface area contributed by atoms with Gasteiger partial charge in [-0.15, -0.1) is 0 Å². The minimum atomic E-state index is -0.0364. The molecule has 4 heteroatoms. The molecule has 1 aromatic rings. The molecule has 1 aromatic heterocycles. The highest BCUT2D eigenvalue weighted by molar-refractivity contribution is 5.14. The molecule has 1 atom stereocenters. The monoisotopic (exact) mass is 262 g/mol. The van der Waals surface area contributed by atoms with Gasteiger partial charge >= 0.3 is 0 Å². The third-order valence-corrected chi connectivity index (χ3v) is 4.09. The summed E-state index contributed by atoms with van der Waals surface area (Å²) in [6.07, 6.45) is 5.32. The second-order valence-corrected chi connectivity index (χ2v) is 6.33. The van der Waals surface area contributed by atoms with E-state index in [0.29, 0.717) is 12.5 Å². The van der Waals surface area contributed by atoms with Crippen LogP contribution in [-0.4, -0.2) is 41.5 Å². The Labute approximate surface area is 116 Å². The van der Waals surface area contributed by atoms with E-state index in [0.717, 1.165) is 18.8 Å². The Bertz CT molecular complexity index is 416. The minimum Gasteiger partial charge on any atom is -0.330 e. The van der Waals surface area contributed by atoms with Crippen LogP contribution in [0.3, 0.4) is 0 Å². The average Bonchev–Trinajstić information content (AvgIpc) is 2.39. The smallest absolute Gasteiger partial charge is 0.134 e. The summed E-state index contributed by atoms with van der Waals surface area (Å²) in [7, 11) is 2.19. The van der Waals surface area contributed by atoms with Gasteiger partial charge in [-0.25, -0.2) is 9.97 Å². The van der Waals surface area contributed by atoms with Crippen molar-refractivity contribution in [1.82, 2.24) is 14.9 Å². The second-order valence-electron chi connectivity index (χ2n) is 6.33. The molecule has 1 aliphatic heterocycles. The maximum atomic E-state index is 5.69. The third-order valence-electron chi connectivity index (χ3n) is 4.09. The largest absolute Gasteiger partial charge is 0.330 e. The third kappa shape index (κ3) is 3.51. The van der Waals surface area contributed by atoms with Gasteiger partial charge in [-0.1, -0.05) is 13.8 Å². The first-order valence-corrected chi connectivity index (χ1v) is 7.25. The summed E-state index contributed by atoms with van der Waals surface area (Å²) in [6, 6.07) is 2.08. The van der Waals surface area contributed by atoms with E-state index in [1.54, 1.807) is 0 Å². The van der Waals surface area contributed by atoms with Crippen LogP contribution < -0.4 is 5.73 Å². The molecule has 4 nitrogen and oxygen atoms in total. The summed E-state index contributed by atoms with van der Waals surface area (Å²) >= 11 is 0. The molecule has 2 heterocycles. The van der Waals surface area contributed by atoms with Crippen LogP contribution in [0.25, 0.3) is 0 Å². The first-order valence-electron chi connectivity index (χ1n) is 7.25. The zero-order valence-corrected chi connectivity index (χ0v) is 12.4. The number of aromatic nitrogens is 2. The fourth-order valence-electron chi connectivity index (χ4n) is 2.81. The molecule has 0 aromatic carbocycles. The number of rotatable bonds is 4. The van der Waals surface area contributed by atoms with E-state index in [-0.39, 0.29) is 5.41 Å². The summed E-state index contributed by atoms with van der Waals surface area (Å²) in [4.78, 5) is 11.7. The van der Waals surface area contributed by atoms with Crippen LogP contribution in [0.5, 0.6) is 0 Å². The Balaban J connectivity index is 2.19.